The van der Waals surface area contributed by atoms with Gasteiger partial charge in [0.15, 0.2) is 5.78 Å². The van der Waals surface area contributed by atoms with Gasteiger partial charge in [-0.1, -0.05) is 18.2 Å². The van der Waals surface area contributed by atoms with Crippen molar-refractivity contribution in [2.24, 2.45) is 0 Å². The summed E-state index contributed by atoms with van der Waals surface area (Å²) in [6.07, 6.45) is 1.45. The zero-order chi connectivity index (χ0) is 13.1. The highest BCUT2D eigenvalue weighted by Crippen LogP contribution is 2.21. The van der Waals surface area contributed by atoms with E-state index in [-0.39, 0.29) is 11.3 Å². The number of Topliss-reactive ketones (excluding diaryl/α,β-unsaturated/α-hetero) is 1. The molecule has 0 fully saturated rings. The second-order valence-corrected chi connectivity index (χ2v) is 3.84. The Bertz CT molecular complexity index is 603. The lowest BCUT2D eigenvalue weighted by molar-refractivity contribution is 0.0697. The quantitative estimate of drug-likeness (QED) is 0.839. The molecule has 0 aliphatic rings. The maximum absolute atomic E-state index is 11.1. The first-order chi connectivity index (χ1) is 8.59. The van der Waals surface area contributed by atoms with E-state index in [4.69, 9.17) is 5.11 Å². The number of hydrogen-bond acceptors (Lipinski definition) is 3. The molecular formula is C14H11NO3. The number of carbonyl (C=O) groups excluding carboxylic acids is 1. The molecule has 2 rings (SSSR count). The van der Waals surface area contributed by atoms with Crippen LogP contribution in [0.4, 0.5) is 0 Å². The molecule has 0 radical (unpaired) electrons. The van der Waals surface area contributed by atoms with Gasteiger partial charge in [-0.25, -0.2) is 4.79 Å². The van der Waals surface area contributed by atoms with E-state index < -0.39 is 5.97 Å². The minimum absolute atomic E-state index is 0.0689. The average molecular weight is 241 g/mol. The SMILES string of the molecule is CC(=O)c1ccc(-c2ccccc2C(=O)O)nc1. The highest BCUT2D eigenvalue weighted by atomic mass is 16.4. The van der Waals surface area contributed by atoms with Crippen LogP contribution >= 0.6 is 0 Å². The first-order valence-corrected chi connectivity index (χ1v) is 5.39. The number of carbonyl (C=O) groups is 2. The van der Waals surface area contributed by atoms with Gasteiger partial charge in [-0.05, 0) is 25.1 Å². The van der Waals surface area contributed by atoms with Gasteiger partial charge in [-0.3, -0.25) is 9.78 Å². The Morgan fingerprint density at radius 3 is 2.39 bits per heavy atom. The number of benzene rings is 1. The molecule has 4 heteroatoms. The van der Waals surface area contributed by atoms with Crippen molar-refractivity contribution in [1.82, 2.24) is 4.98 Å². The van der Waals surface area contributed by atoms with Gasteiger partial charge in [0, 0.05) is 17.3 Å². The average Bonchev–Trinajstić information content (AvgIpc) is 2.39. The van der Waals surface area contributed by atoms with Crippen LogP contribution in [-0.4, -0.2) is 21.8 Å². The first kappa shape index (κ1) is 12.0. The number of hydrogen-bond donors (Lipinski definition) is 1. The maximum atomic E-state index is 11.1. The Morgan fingerprint density at radius 2 is 1.83 bits per heavy atom. The fraction of sp³-hybridized carbons (Fsp3) is 0.0714. The van der Waals surface area contributed by atoms with Crippen LogP contribution in [0.3, 0.4) is 0 Å². The van der Waals surface area contributed by atoms with Crippen LogP contribution in [0.2, 0.25) is 0 Å². The van der Waals surface area contributed by atoms with Crippen molar-refractivity contribution in [2.45, 2.75) is 6.92 Å². The molecule has 1 heterocycles. The summed E-state index contributed by atoms with van der Waals surface area (Å²) in [5, 5.41) is 9.09. The molecule has 18 heavy (non-hydrogen) atoms. The Balaban J connectivity index is 2.49. The van der Waals surface area contributed by atoms with Crippen molar-refractivity contribution >= 4 is 11.8 Å². The molecule has 4 nitrogen and oxygen atoms in total. The molecule has 0 aliphatic heterocycles. The number of pyridine rings is 1. The molecule has 0 atom stereocenters. The topological polar surface area (TPSA) is 67.3 Å². The van der Waals surface area contributed by atoms with Gasteiger partial charge in [0.25, 0.3) is 0 Å². The summed E-state index contributed by atoms with van der Waals surface area (Å²) in [5.74, 6) is -1.07. The highest BCUT2D eigenvalue weighted by Gasteiger charge is 2.11. The highest BCUT2D eigenvalue weighted by molar-refractivity contribution is 5.96. The fourth-order valence-corrected chi connectivity index (χ4v) is 1.65. The standard InChI is InChI=1S/C14H11NO3/c1-9(16)10-6-7-13(15-8-10)11-4-2-3-5-12(11)14(17)18/h2-8H,1H3,(H,17,18). The lowest BCUT2D eigenvalue weighted by Crippen LogP contribution is -2.00. The van der Waals surface area contributed by atoms with Crippen molar-refractivity contribution in [2.75, 3.05) is 0 Å². The molecule has 1 aromatic heterocycles. The summed E-state index contributed by atoms with van der Waals surface area (Å²) in [7, 11) is 0. The van der Waals surface area contributed by atoms with E-state index in [1.54, 1.807) is 30.3 Å². The zero-order valence-electron chi connectivity index (χ0n) is 9.75. The third kappa shape index (κ3) is 2.27. The van der Waals surface area contributed by atoms with E-state index in [9.17, 15) is 9.59 Å². The predicted octanol–water partition coefficient (Wildman–Crippen LogP) is 2.65. The van der Waals surface area contributed by atoms with E-state index in [1.807, 2.05) is 0 Å². The normalized spacial score (nSPS) is 10.1. The summed E-state index contributed by atoms with van der Waals surface area (Å²) < 4.78 is 0. The minimum Gasteiger partial charge on any atom is -0.478 e. The van der Waals surface area contributed by atoms with Gasteiger partial charge in [-0.15, -0.1) is 0 Å². The molecule has 0 unspecified atom stereocenters. The molecule has 0 bridgehead atoms. The molecule has 1 N–H and O–H groups in total. The van der Waals surface area contributed by atoms with E-state index in [0.717, 1.165) is 0 Å². The van der Waals surface area contributed by atoms with E-state index in [1.165, 1.54) is 19.2 Å². The number of aromatic nitrogens is 1. The Kier molecular flexibility index (Phi) is 3.19. The third-order valence-corrected chi connectivity index (χ3v) is 2.60. The summed E-state index contributed by atoms with van der Waals surface area (Å²) >= 11 is 0. The number of carboxylic acids is 1. The van der Waals surface area contributed by atoms with Crippen molar-refractivity contribution in [1.29, 1.82) is 0 Å². The second-order valence-electron chi connectivity index (χ2n) is 3.84. The summed E-state index contributed by atoms with van der Waals surface area (Å²) in [4.78, 5) is 26.4. The molecule has 0 saturated carbocycles. The monoisotopic (exact) mass is 241 g/mol. The van der Waals surface area contributed by atoms with Crippen molar-refractivity contribution in [3.05, 3.63) is 53.7 Å². The van der Waals surface area contributed by atoms with Crippen LogP contribution in [-0.2, 0) is 0 Å². The van der Waals surface area contributed by atoms with Gasteiger partial charge >= 0.3 is 5.97 Å². The first-order valence-electron chi connectivity index (χ1n) is 5.39. The zero-order valence-corrected chi connectivity index (χ0v) is 9.75. The van der Waals surface area contributed by atoms with Gasteiger partial charge < -0.3 is 5.11 Å². The van der Waals surface area contributed by atoms with E-state index in [0.29, 0.717) is 16.8 Å². The van der Waals surface area contributed by atoms with Gasteiger partial charge in [0.1, 0.15) is 0 Å². The molecular weight excluding hydrogens is 230 g/mol. The van der Waals surface area contributed by atoms with Gasteiger partial charge in [0.05, 0.1) is 11.3 Å². The molecule has 0 saturated heterocycles. The lowest BCUT2D eigenvalue weighted by Gasteiger charge is -2.05. The Labute approximate surface area is 104 Å². The van der Waals surface area contributed by atoms with Crippen molar-refractivity contribution in [3.8, 4) is 11.3 Å². The molecule has 0 amide bonds. The van der Waals surface area contributed by atoms with Gasteiger partial charge in [0.2, 0.25) is 0 Å². The summed E-state index contributed by atoms with van der Waals surface area (Å²) in [6, 6.07) is 9.93. The third-order valence-electron chi connectivity index (χ3n) is 2.60. The van der Waals surface area contributed by atoms with Crippen LogP contribution in [0.5, 0.6) is 0 Å². The largest absolute Gasteiger partial charge is 0.478 e. The van der Waals surface area contributed by atoms with Crippen LogP contribution in [0.15, 0.2) is 42.6 Å². The Hall–Kier alpha value is -2.49. The number of ketones is 1. The second kappa shape index (κ2) is 4.79. The number of carboxylic acid groups (broad SMARTS) is 1. The number of aromatic carboxylic acids is 1. The lowest BCUT2D eigenvalue weighted by atomic mass is 10.0. The minimum atomic E-state index is -0.997. The van der Waals surface area contributed by atoms with Crippen LogP contribution in [0, 0.1) is 0 Å². The van der Waals surface area contributed by atoms with Crippen molar-refractivity contribution < 1.29 is 14.7 Å². The van der Waals surface area contributed by atoms with Gasteiger partial charge in [-0.2, -0.15) is 0 Å². The molecule has 2 aromatic rings. The molecule has 0 aliphatic carbocycles. The van der Waals surface area contributed by atoms with E-state index >= 15 is 0 Å². The fourth-order valence-electron chi connectivity index (χ4n) is 1.65. The molecule has 0 spiro atoms. The summed E-state index contributed by atoms with van der Waals surface area (Å²) in [6.45, 7) is 1.46. The van der Waals surface area contributed by atoms with Crippen molar-refractivity contribution in [3.63, 3.8) is 0 Å². The maximum Gasteiger partial charge on any atom is 0.336 e. The molecule has 1 aromatic carbocycles. The number of nitrogens with zero attached hydrogens (tertiary/aromatic N) is 1. The van der Waals surface area contributed by atoms with E-state index in [2.05, 4.69) is 4.98 Å². The molecule has 90 valence electrons. The Morgan fingerprint density at radius 1 is 1.11 bits per heavy atom. The van der Waals surface area contributed by atoms with Crippen LogP contribution < -0.4 is 0 Å². The smallest absolute Gasteiger partial charge is 0.336 e. The summed E-state index contributed by atoms with van der Waals surface area (Å²) in [5.41, 5.74) is 1.78. The predicted molar refractivity (Wildman–Crippen MR) is 66.6 cm³/mol. The van der Waals surface area contributed by atoms with Crippen LogP contribution in [0.1, 0.15) is 27.6 Å². The number of rotatable bonds is 3. The van der Waals surface area contributed by atoms with Crippen LogP contribution in [0.25, 0.3) is 11.3 Å².